The van der Waals surface area contributed by atoms with Crippen molar-refractivity contribution in [2.45, 2.75) is 71.4 Å². The van der Waals surface area contributed by atoms with Crippen LogP contribution in [0.3, 0.4) is 0 Å². The molecular weight excluding hydrogens is 184 g/mol. The fourth-order valence-electron chi connectivity index (χ4n) is 1.98. The second kappa shape index (κ2) is 8.28. The van der Waals surface area contributed by atoms with Gasteiger partial charge < -0.3 is 0 Å². The van der Waals surface area contributed by atoms with E-state index in [0.717, 1.165) is 11.1 Å². The molecule has 84 valence electrons. The van der Waals surface area contributed by atoms with Crippen LogP contribution in [0.25, 0.3) is 0 Å². The Labute approximate surface area is 92.4 Å². The highest BCUT2D eigenvalue weighted by atomic mass is 28.3. The molecule has 0 aliphatic carbocycles. The molecule has 0 amide bonds. The largest absolute Gasteiger partial charge is 0.101 e. The van der Waals surface area contributed by atoms with Gasteiger partial charge in [0.1, 0.15) is 0 Å². The minimum Gasteiger partial charge on any atom is -0.101 e. The molecule has 0 aliphatic heterocycles. The Bertz CT molecular complexity index is 139. The second-order valence-electron chi connectivity index (χ2n) is 4.99. The van der Waals surface area contributed by atoms with Crippen LogP contribution in [0.15, 0.2) is 11.8 Å². The van der Waals surface area contributed by atoms with E-state index in [-0.39, 0.29) is 0 Å². The minimum absolute atomic E-state index is 0.612. The highest BCUT2D eigenvalue weighted by Gasteiger charge is 2.15. The molecule has 0 aromatic carbocycles. The molecule has 14 heavy (non-hydrogen) atoms. The number of unbranched alkanes of at least 4 members (excludes halogenated alkanes) is 3. The summed E-state index contributed by atoms with van der Waals surface area (Å²) in [6.07, 6.45) is 7.86. The van der Waals surface area contributed by atoms with Crippen molar-refractivity contribution in [2.75, 3.05) is 0 Å². The van der Waals surface area contributed by atoms with E-state index in [1.165, 1.54) is 25.7 Å². The van der Waals surface area contributed by atoms with Gasteiger partial charge in [0.15, 0.2) is 0 Å². The zero-order chi connectivity index (χ0) is 11.0. The summed E-state index contributed by atoms with van der Waals surface area (Å²) < 4.78 is 0. The van der Waals surface area contributed by atoms with Gasteiger partial charge in [0, 0.05) is 0 Å². The lowest BCUT2D eigenvalue weighted by Crippen LogP contribution is -2.18. The first kappa shape index (κ1) is 14.0. The summed E-state index contributed by atoms with van der Waals surface area (Å²) in [6, 6.07) is 0. The molecule has 0 aromatic heterocycles. The molecule has 0 spiro atoms. The fourth-order valence-corrected chi connectivity index (χ4v) is 4.92. The summed E-state index contributed by atoms with van der Waals surface area (Å²) in [5.41, 5.74) is 4.40. The number of hydrogen-bond donors (Lipinski definition) is 0. The Kier molecular flexibility index (Phi) is 8.25. The third-order valence-electron chi connectivity index (χ3n) is 2.87. The van der Waals surface area contributed by atoms with Gasteiger partial charge in [-0.3, -0.25) is 0 Å². The van der Waals surface area contributed by atoms with Crippen LogP contribution >= 0.6 is 0 Å². The number of hydrogen-bond acceptors (Lipinski definition) is 0. The average molecular weight is 212 g/mol. The Morgan fingerprint density at radius 1 is 1.00 bits per heavy atom. The standard InChI is InChI=1S/C13H28Si/c1-6-7-8-9-10-11-14(12(2)3)13(4)5/h10-14H,6-9H2,1-5H3. The molecule has 0 heterocycles. The second-order valence-corrected chi connectivity index (χ2v) is 9.20. The molecule has 0 aromatic rings. The molecule has 0 radical (unpaired) electrons. The number of allylic oxidation sites excluding steroid dienone is 1. The van der Waals surface area contributed by atoms with Gasteiger partial charge in [0.25, 0.3) is 0 Å². The quantitative estimate of drug-likeness (QED) is 0.423. The third kappa shape index (κ3) is 6.42. The van der Waals surface area contributed by atoms with Crippen LogP contribution in [0.2, 0.25) is 11.1 Å². The van der Waals surface area contributed by atoms with E-state index in [1.807, 2.05) is 0 Å². The maximum Gasteiger partial charge on any atom is 0.0661 e. The van der Waals surface area contributed by atoms with Crippen molar-refractivity contribution >= 4 is 8.80 Å². The van der Waals surface area contributed by atoms with Gasteiger partial charge in [-0.1, -0.05) is 64.6 Å². The Balaban J connectivity index is 3.79. The molecule has 0 fully saturated rings. The maximum atomic E-state index is 2.57. The van der Waals surface area contributed by atoms with Gasteiger partial charge in [-0.15, -0.1) is 5.70 Å². The van der Waals surface area contributed by atoms with E-state index in [1.54, 1.807) is 0 Å². The minimum atomic E-state index is -0.612. The molecule has 0 aliphatic rings. The highest BCUT2D eigenvalue weighted by molar-refractivity contribution is 6.66. The molecule has 1 heteroatoms. The lowest BCUT2D eigenvalue weighted by atomic mass is 10.2. The van der Waals surface area contributed by atoms with Gasteiger partial charge in [-0.05, 0) is 12.8 Å². The van der Waals surface area contributed by atoms with E-state index in [4.69, 9.17) is 0 Å². The SMILES string of the molecule is CCCCCC=C[SiH](C(C)C)C(C)C. The summed E-state index contributed by atoms with van der Waals surface area (Å²) >= 11 is 0. The average Bonchev–Trinajstić information content (AvgIpc) is 2.09. The van der Waals surface area contributed by atoms with Crippen LogP contribution in [0, 0.1) is 0 Å². The van der Waals surface area contributed by atoms with Crippen molar-refractivity contribution in [3.05, 3.63) is 11.8 Å². The Morgan fingerprint density at radius 3 is 2.00 bits per heavy atom. The van der Waals surface area contributed by atoms with E-state index in [0.29, 0.717) is 0 Å². The molecule has 0 nitrogen and oxygen atoms in total. The number of rotatable bonds is 7. The molecule has 0 rings (SSSR count). The van der Waals surface area contributed by atoms with Crippen LogP contribution in [0.1, 0.15) is 60.3 Å². The van der Waals surface area contributed by atoms with Gasteiger partial charge in [0.2, 0.25) is 0 Å². The summed E-state index contributed by atoms with van der Waals surface area (Å²) in [5, 5.41) is 0. The fraction of sp³-hybridized carbons (Fsp3) is 0.846. The summed E-state index contributed by atoms with van der Waals surface area (Å²) in [5.74, 6) is 0. The summed E-state index contributed by atoms with van der Waals surface area (Å²) in [7, 11) is -0.612. The third-order valence-corrected chi connectivity index (χ3v) is 6.67. The first-order valence-electron chi connectivity index (χ1n) is 6.26. The van der Waals surface area contributed by atoms with Gasteiger partial charge >= 0.3 is 0 Å². The topological polar surface area (TPSA) is 0 Å². The molecular formula is C13H28Si. The molecule has 0 saturated heterocycles. The van der Waals surface area contributed by atoms with Gasteiger partial charge in [-0.25, -0.2) is 0 Å². The first-order chi connectivity index (χ1) is 6.59. The normalized spacial score (nSPS) is 12.6. The van der Waals surface area contributed by atoms with Crippen LogP contribution in [0.4, 0.5) is 0 Å². The van der Waals surface area contributed by atoms with E-state index in [2.05, 4.69) is 46.4 Å². The highest BCUT2D eigenvalue weighted by Crippen LogP contribution is 2.21. The van der Waals surface area contributed by atoms with Crippen molar-refractivity contribution < 1.29 is 0 Å². The Hall–Kier alpha value is -0.0431. The van der Waals surface area contributed by atoms with E-state index in [9.17, 15) is 0 Å². The lowest BCUT2D eigenvalue weighted by Gasteiger charge is -2.19. The molecule has 0 unspecified atom stereocenters. The molecule has 0 bridgehead atoms. The van der Waals surface area contributed by atoms with Crippen LogP contribution < -0.4 is 0 Å². The van der Waals surface area contributed by atoms with Crippen molar-refractivity contribution in [1.29, 1.82) is 0 Å². The molecule has 0 N–H and O–H groups in total. The lowest BCUT2D eigenvalue weighted by molar-refractivity contribution is 0.729. The maximum absolute atomic E-state index is 2.57. The van der Waals surface area contributed by atoms with Crippen molar-refractivity contribution in [2.24, 2.45) is 0 Å². The summed E-state index contributed by atoms with van der Waals surface area (Å²) in [4.78, 5) is 0. The van der Waals surface area contributed by atoms with Crippen LogP contribution in [-0.4, -0.2) is 8.80 Å². The zero-order valence-corrected chi connectivity index (χ0v) is 11.9. The monoisotopic (exact) mass is 212 g/mol. The first-order valence-corrected chi connectivity index (χ1v) is 8.26. The molecule has 0 atom stereocenters. The van der Waals surface area contributed by atoms with Crippen molar-refractivity contribution in [3.63, 3.8) is 0 Å². The predicted octanol–water partition coefficient (Wildman–Crippen LogP) is 4.71. The zero-order valence-electron chi connectivity index (χ0n) is 10.7. The predicted molar refractivity (Wildman–Crippen MR) is 70.6 cm³/mol. The van der Waals surface area contributed by atoms with Crippen LogP contribution in [0.5, 0.6) is 0 Å². The summed E-state index contributed by atoms with van der Waals surface area (Å²) in [6.45, 7) is 11.8. The van der Waals surface area contributed by atoms with Gasteiger partial charge in [-0.2, -0.15) is 0 Å². The van der Waals surface area contributed by atoms with Gasteiger partial charge in [0.05, 0.1) is 8.80 Å². The Morgan fingerprint density at radius 2 is 1.57 bits per heavy atom. The van der Waals surface area contributed by atoms with E-state index < -0.39 is 8.80 Å². The van der Waals surface area contributed by atoms with Crippen molar-refractivity contribution in [3.8, 4) is 0 Å². The molecule has 0 saturated carbocycles. The smallest absolute Gasteiger partial charge is 0.0661 e. The van der Waals surface area contributed by atoms with Crippen LogP contribution in [-0.2, 0) is 0 Å². The van der Waals surface area contributed by atoms with Crippen molar-refractivity contribution in [1.82, 2.24) is 0 Å². The van der Waals surface area contributed by atoms with E-state index >= 15 is 0 Å².